The average Bonchev–Trinajstić information content (AvgIpc) is 3.00. The molecule has 2 N–H and O–H groups in total. The molecule has 1 unspecified atom stereocenters. The zero-order valence-electron chi connectivity index (χ0n) is 12.6. The normalized spacial score (nSPS) is 17.5. The van der Waals surface area contributed by atoms with Crippen LogP contribution in [0.25, 0.3) is 0 Å². The quantitative estimate of drug-likeness (QED) is 0.764. The summed E-state index contributed by atoms with van der Waals surface area (Å²) in [5, 5.41) is 6.22. The molecule has 1 aromatic rings. The maximum Gasteiger partial charge on any atom is 0.257 e. The van der Waals surface area contributed by atoms with Crippen LogP contribution >= 0.6 is 0 Å². The van der Waals surface area contributed by atoms with Crippen LogP contribution in [0.1, 0.15) is 19.8 Å². The molecule has 0 saturated carbocycles. The van der Waals surface area contributed by atoms with Gasteiger partial charge in [-0.3, -0.25) is 4.79 Å². The molecule has 5 nitrogen and oxygen atoms in total. The van der Waals surface area contributed by atoms with Crippen molar-refractivity contribution in [1.29, 1.82) is 0 Å². The molecule has 0 bridgehead atoms. The van der Waals surface area contributed by atoms with E-state index in [2.05, 4.69) is 10.6 Å². The second-order valence-electron chi connectivity index (χ2n) is 5.19. The molecule has 2 rings (SSSR count). The molecule has 1 atom stereocenters. The zero-order valence-corrected chi connectivity index (χ0v) is 12.6. The topological polar surface area (TPSA) is 59.6 Å². The van der Waals surface area contributed by atoms with Crippen molar-refractivity contribution < 1.29 is 14.3 Å². The predicted molar refractivity (Wildman–Crippen MR) is 81.7 cm³/mol. The molecule has 1 heterocycles. The fourth-order valence-corrected chi connectivity index (χ4v) is 2.38. The van der Waals surface area contributed by atoms with E-state index in [1.54, 1.807) is 0 Å². The highest BCUT2D eigenvalue weighted by Gasteiger charge is 2.14. The number of ether oxygens (including phenoxy) is 2. The molecular weight excluding hydrogens is 268 g/mol. The average molecular weight is 292 g/mol. The molecule has 5 heteroatoms. The molecule has 0 spiro atoms. The molecule has 1 aromatic carbocycles. The van der Waals surface area contributed by atoms with E-state index >= 15 is 0 Å². The van der Waals surface area contributed by atoms with Gasteiger partial charge < -0.3 is 20.1 Å². The summed E-state index contributed by atoms with van der Waals surface area (Å²) in [5.41, 5.74) is 0. The molecule has 1 amide bonds. The van der Waals surface area contributed by atoms with Crippen LogP contribution in [0.2, 0.25) is 0 Å². The van der Waals surface area contributed by atoms with Gasteiger partial charge in [0, 0.05) is 6.54 Å². The fraction of sp³-hybridized carbons (Fsp3) is 0.562. The van der Waals surface area contributed by atoms with Gasteiger partial charge in [0.2, 0.25) is 0 Å². The molecule has 1 fully saturated rings. The van der Waals surface area contributed by atoms with Crippen LogP contribution in [-0.4, -0.2) is 38.8 Å². The van der Waals surface area contributed by atoms with Crippen LogP contribution in [0.15, 0.2) is 24.3 Å². The van der Waals surface area contributed by atoms with Crippen LogP contribution in [0.3, 0.4) is 0 Å². The fourth-order valence-electron chi connectivity index (χ4n) is 2.38. The molecule has 1 aliphatic heterocycles. The lowest BCUT2D eigenvalue weighted by molar-refractivity contribution is -0.123. The maximum atomic E-state index is 11.7. The second kappa shape index (κ2) is 8.52. The van der Waals surface area contributed by atoms with Gasteiger partial charge in [0.05, 0.1) is 6.61 Å². The van der Waals surface area contributed by atoms with Gasteiger partial charge in [-0.1, -0.05) is 0 Å². The van der Waals surface area contributed by atoms with Crippen molar-refractivity contribution in [2.24, 2.45) is 5.92 Å². The molecule has 1 saturated heterocycles. The summed E-state index contributed by atoms with van der Waals surface area (Å²) >= 11 is 0. The van der Waals surface area contributed by atoms with Gasteiger partial charge in [0.1, 0.15) is 11.5 Å². The van der Waals surface area contributed by atoms with Crippen molar-refractivity contribution >= 4 is 5.91 Å². The van der Waals surface area contributed by atoms with Gasteiger partial charge in [-0.05, 0) is 63.0 Å². The highest BCUT2D eigenvalue weighted by atomic mass is 16.5. The Morgan fingerprint density at radius 1 is 1.29 bits per heavy atom. The van der Waals surface area contributed by atoms with E-state index < -0.39 is 0 Å². The first-order chi connectivity index (χ1) is 10.3. The van der Waals surface area contributed by atoms with Crippen molar-refractivity contribution in [3.8, 4) is 11.5 Å². The van der Waals surface area contributed by atoms with Crippen molar-refractivity contribution in [2.45, 2.75) is 19.8 Å². The third kappa shape index (κ3) is 5.63. The molecule has 0 radical (unpaired) electrons. The Kier molecular flexibility index (Phi) is 6.34. The van der Waals surface area contributed by atoms with E-state index in [9.17, 15) is 4.79 Å². The van der Waals surface area contributed by atoms with Crippen molar-refractivity contribution in [3.63, 3.8) is 0 Å². The maximum absolute atomic E-state index is 11.7. The highest BCUT2D eigenvalue weighted by molar-refractivity contribution is 5.77. The molecule has 0 aromatic heterocycles. The van der Waals surface area contributed by atoms with Gasteiger partial charge in [-0.2, -0.15) is 0 Å². The lowest BCUT2D eigenvalue weighted by Gasteiger charge is -2.10. The largest absolute Gasteiger partial charge is 0.494 e. The Hall–Kier alpha value is -1.75. The van der Waals surface area contributed by atoms with Crippen LogP contribution in [0.5, 0.6) is 11.5 Å². The third-order valence-electron chi connectivity index (χ3n) is 3.54. The van der Waals surface area contributed by atoms with Crippen LogP contribution in [0, 0.1) is 5.92 Å². The minimum atomic E-state index is -0.0742. The first-order valence-corrected chi connectivity index (χ1v) is 7.61. The van der Waals surface area contributed by atoms with Gasteiger partial charge >= 0.3 is 0 Å². The summed E-state index contributed by atoms with van der Waals surface area (Å²) in [6, 6.07) is 7.29. The minimum Gasteiger partial charge on any atom is -0.494 e. The Bertz CT molecular complexity index is 428. The molecule has 1 aliphatic rings. The predicted octanol–water partition coefficient (Wildman–Crippen LogP) is 1.58. The summed E-state index contributed by atoms with van der Waals surface area (Å²) in [6.07, 6.45) is 2.24. The number of rotatable bonds is 8. The van der Waals surface area contributed by atoms with Crippen molar-refractivity contribution in [2.75, 3.05) is 32.8 Å². The first-order valence-electron chi connectivity index (χ1n) is 7.61. The van der Waals surface area contributed by atoms with E-state index in [1.165, 1.54) is 6.42 Å². The molecule has 0 aliphatic carbocycles. The van der Waals surface area contributed by atoms with Gasteiger partial charge in [-0.25, -0.2) is 0 Å². The van der Waals surface area contributed by atoms with Crippen LogP contribution in [-0.2, 0) is 4.79 Å². The van der Waals surface area contributed by atoms with Gasteiger partial charge in [-0.15, -0.1) is 0 Å². The van der Waals surface area contributed by atoms with E-state index in [-0.39, 0.29) is 12.5 Å². The summed E-state index contributed by atoms with van der Waals surface area (Å²) in [5.74, 6) is 2.10. The Labute approximate surface area is 126 Å². The SMILES string of the molecule is CCOc1ccc(OCC(=O)NCCC2CCNC2)cc1. The monoisotopic (exact) mass is 292 g/mol. The van der Waals surface area contributed by atoms with Gasteiger partial charge in [0.25, 0.3) is 5.91 Å². The summed E-state index contributed by atoms with van der Waals surface area (Å²) in [4.78, 5) is 11.7. The number of benzene rings is 1. The van der Waals surface area contributed by atoms with Crippen molar-refractivity contribution in [1.82, 2.24) is 10.6 Å². The molecular formula is C16H24N2O3. The number of hydrogen-bond acceptors (Lipinski definition) is 4. The zero-order chi connectivity index (χ0) is 14.9. The third-order valence-corrected chi connectivity index (χ3v) is 3.54. The summed E-state index contributed by atoms with van der Waals surface area (Å²) in [6.45, 7) is 5.52. The van der Waals surface area contributed by atoms with Gasteiger partial charge in [0.15, 0.2) is 6.61 Å². The lowest BCUT2D eigenvalue weighted by Crippen LogP contribution is -2.30. The Balaban J connectivity index is 1.61. The number of carbonyl (C=O) groups is 1. The number of carbonyl (C=O) groups excluding carboxylic acids is 1. The summed E-state index contributed by atoms with van der Waals surface area (Å²) in [7, 11) is 0. The minimum absolute atomic E-state index is 0.0525. The van der Waals surface area contributed by atoms with Crippen LogP contribution < -0.4 is 20.1 Å². The van der Waals surface area contributed by atoms with E-state index in [1.807, 2.05) is 31.2 Å². The molecule has 116 valence electrons. The first kappa shape index (κ1) is 15.6. The highest BCUT2D eigenvalue weighted by Crippen LogP contribution is 2.17. The second-order valence-corrected chi connectivity index (χ2v) is 5.19. The number of amides is 1. The van der Waals surface area contributed by atoms with E-state index in [4.69, 9.17) is 9.47 Å². The lowest BCUT2D eigenvalue weighted by atomic mass is 10.1. The van der Waals surface area contributed by atoms with E-state index in [0.29, 0.717) is 18.3 Å². The van der Waals surface area contributed by atoms with Crippen molar-refractivity contribution in [3.05, 3.63) is 24.3 Å². The standard InChI is InChI=1S/C16H24N2O3/c1-2-20-14-3-5-15(6-4-14)21-12-16(19)18-10-8-13-7-9-17-11-13/h3-6,13,17H,2,7-12H2,1H3,(H,18,19). The Morgan fingerprint density at radius 2 is 2.00 bits per heavy atom. The van der Waals surface area contributed by atoms with Crippen LogP contribution in [0.4, 0.5) is 0 Å². The summed E-state index contributed by atoms with van der Waals surface area (Å²) < 4.78 is 10.8. The Morgan fingerprint density at radius 3 is 2.62 bits per heavy atom. The molecule has 21 heavy (non-hydrogen) atoms. The smallest absolute Gasteiger partial charge is 0.257 e. The number of nitrogens with one attached hydrogen (secondary N) is 2. The number of hydrogen-bond donors (Lipinski definition) is 2. The van der Waals surface area contributed by atoms with E-state index in [0.717, 1.165) is 31.8 Å².